The largest absolute Gasteiger partial charge is 0.393 e. The Kier molecular flexibility index (Phi) is 14.1. The van der Waals surface area contributed by atoms with Crippen LogP contribution in [0.15, 0.2) is 0 Å². The lowest BCUT2D eigenvalue weighted by molar-refractivity contribution is 0.0416. The van der Waals surface area contributed by atoms with Crippen molar-refractivity contribution in [1.29, 1.82) is 0 Å². The van der Waals surface area contributed by atoms with Crippen molar-refractivity contribution >= 4 is 0 Å². The molecule has 0 aromatic carbocycles. The van der Waals surface area contributed by atoms with E-state index in [0.717, 1.165) is 42.9 Å². The summed E-state index contributed by atoms with van der Waals surface area (Å²) in [5, 5.41) is 22.0. The van der Waals surface area contributed by atoms with E-state index in [2.05, 4.69) is 41.5 Å². The fourth-order valence-corrected chi connectivity index (χ4v) is 7.63. The molecule has 34 heavy (non-hydrogen) atoms. The summed E-state index contributed by atoms with van der Waals surface area (Å²) in [7, 11) is 0. The van der Waals surface area contributed by atoms with Gasteiger partial charge in [-0.05, 0) is 85.9 Å². The normalized spacial score (nSPS) is 30.6. The molecular weight excluding hydrogens is 416 g/mol. The Morgan fingerprint density at radius 3 is 2.06 bits per heavy atom. The van der Waals surface area contributed by atoms with Crippen LogP contribution in [0.5, 0.6) is 0 Å². The number of hydrogen-bond donors (Lipinski definition) is 2. The van der Waals surface area contributed by atoms with E-state index in [9.17, 15) is 10.2 Å². The third-order valence-corrected chi connectivity index (χ3v) is 10.6. The van der Waals surface area contributed by atoms with E-state index < -0.39 is 0 Å². The molecule has 0 spiro atoms. The standard InChI is InChI=1S/C32H62O2/c1-7-24(5)29(22-32(34)28-18-16-23(4)17-19-28)13-11-15-31(33)25(6)20-26-12-10-14-30(21-26)27(8-2)9-3/h23-34H,7-22H2,1-6H3/t23?,24?,25?,26-,28?,29?,30?,31+,32?/m0/s1. The Bertz CT molecular complexity index is 507. The highest BCUT2D eigenvalue weighted by atomic mass is 16.3. The minimum atomic E-state index is -0.157. The van der Waals surface area contributed by atoms with Gasteiger partial charge >= 0.3 is 0 Å². The highest BCUT2D eigenvalue weighted by Crippen LogP contribution is 2.40. The van der Waals surface area contributed by atoms with Crippen molar-refractivity contribution in [2.24, 2.45) is 47.3 Å². The summed E-state index contributed by atoms with van der Waals surface area (Å²) in [4.78, 5) is 0. The van der Waals surface area contributed by atoms with Crippen LogP contribution in [-0.4, -0.2) is 22.4 Å². The van der Waals surface area contributed by atoms with Crippen LogP contribution < -0.4 is 0 Å². The zero-order valence-corrected chi connectivity index (χ0v) is 24.0. The van der Waals surface area contributed by atoms with Crippen LogP contribution in [-0.2, 0) is 0 Å². The third-order valence-electron chi connectivity index (χ3n) is 10.6. The summed E-state index contributed by atoms with van der Waals surface area (Å²) in [6.45, 7) is 14.1. The van der Waals surface area contributed by atoms with Gasteiger partial charge in [0.15, 0.2) is 0 Å². The molecular formula is C32H62O2. The van der Waals surface area contributed by atoms with Crippen molar-refractivity contribution in [3.8, 4) is 0 Å². The Balaban J connectivity index is 1.76. The van der Waals surface area contributed by atoms with Crippen LogP contribution >= 0.6 is 0 Å². The summed E-state index contributed by atoms with van der Waals surface area (Å²) >= 11 is 0. The van der Waals surface area contributed by atoms with E-state index in [1.165, 1.54) is 83.5 Å². The molecule has 2 N–H and O–H groups in total. The van der Waals surface area contributed by atoms with Crippen LogP contribution in [0.2, 0.25) is 0 Å². The summed E-state index contributed by atoms with van der Waals surface area (Å²) < 4.78 is 0. The maximum atomic E-state index is 11.0. The Hall–Kier alpha value is -0.0800. The lowest BCUT2D eigenvalue weighted by Gasteiger charge is -2.36. The molecule has 0 heterocycles. The first-order valence-electron chi connectivity index (χ1n) is 15.6. The lowest BCUT2D eigenvalue weighted by atomic mass is 9.71. The molecule has 2 fully saturated rings. The van der Waals surface area contributed by atoms with Crippen molar-refractivity contribution in [2.45, 2.75) is 156 Å². The molecule has 5 unspecified atom stereocenters. The molecule has 2 heteroatoms. The van der Waals surface area contributed by atoms with Gasteiger partial charge in [-0.1, -0.05) is 106 Å². The third kappa shape index (κ3) is 9.76. The van der Waals surface area contributed by atoms with Gasteiger partial charge in [-0.15, -0.1) is 0 Å². The first-order valence-corrected chi connectivity index (χ1v) is 15.6. The summed E-state index contributed by atoms with van der Waals surface area (Å²) in [6, 6.07) is 0. The quantitative estimate of drug-likeness (QED) is 0.246. The zero-order valence-electron chi connectivity index (χ0n) is 24.0. The first kappa shape index (κ1) is 30.1. The van der Waals surface area contributed by atoms with Crippen LogP contribution in [0, 0.1) is 47.3 Å². The predicted molar refractivity (Wildman–Crippen MR) is 148 cm³/mol. The zero-order chi connectivity index (χ0) is 25.1. The van der Waals surface area contributed by atoms with Gasteiger partial charge in [0.1, 0.15) is 0 Å². The minimum Gasteiger partial charge on any atom is -0.393 e. The summed E-state index contributed by atoms with van der Waals surface area (Å²) in [5.74, 6) is 5.70. The highest BCUT2D eigenvalue weighted by molar-refractivity contribution is 4.82. The van der Waals surface area contributed by atoms with Gasteiger partial charge in [0.2, 0.25) is 0 Å². The van der Waals surface area contributed by atoms with E-state index in [-0.39, 0.29) is 12.2 Å². The van der Waals surface area contributed by atoms with E-state index in [1.54, 1.807) is 0 Å². The Morgan fingerprint density at radius 2 is 1.44 bits per heavy atom. The van der Waals surface area contributed by atoms with Crippen LogP contribution in [0.3, 0.4) is 0 Å². The average molecular weight is 479 g/mol. The van der Waals surface area contributed by atoms with Gasteiger partial charge in [-0.2, -0.15) is 0 Å². The fraction of sp³-hybridized carbons (Fsp3) is 1.00. The summed E-state index contributed by atoms with van der Waals surface area (Å²) in [5.41, 5.74) is 0. The topological polar surface area (TPSA) is 40.5 Å². The predicted octanol–water partition coefficient (Wildman–Crippen LogP) is 9.03. The molecule has 202 valence electrons. The van der Waals surface area contributed by atoms with Gasteiger partial charge in [0.25, 0.3) is 0 Å². The highest BCUT2D eigenvalue weighted by Gasteiger charge is 2.30. The van der Waals surface area contributed by atoms with Crippen molar-refractivity contribution in [2.75, 3.05) is 0 Å². The molecule has 2 nitrogen and oxygen atoms in total. The van der Waals surface area contributed by atoms with Gasteiger partial charge in [-0.3, -0.25) is 0 Å². The van der Waals surface area contributed by atoms with Crippen molar-refractivity contribution < 1.29 is 10.2 Å². The van der Waals surface area contributed by atoms with Crippen LogP contribution in [0.25, 0.3) is 0 Å². The monoisotopic (exact) mass is 478 g/mol. The van der Waals surface area contributed by atoms with E-state index in [0.29, 0.717) is 23.7 Å². The average Bonchev–Trinajstić information content (AvgIpc) is 2.84. The molecule has 2 aliphatic carbocycles. The second-order valence-corrected chi connectivity index (χ2v) is 13.0. The molecule has 2 aliphatic rings. The molecule has 0 aromatic rings. The second kappa shape index (κ2) is 15.9. The van der Waals surface area contributed by atoms with Crippen molar-refractivity contribution in [3.05, 3.63) is 0 Å². The molecule has 0 amide bonds. The van der Waals surface area contributed by atoms with Gasteiger partial charge in [0.05, 0.1) is 12.2 Å². The minimum absolute atomic E-state index is 0.121. The van der Waals surface area contributed by atoms with Gasteiger partial charge in [0, 0.05) is 0 Å². The number of hydrogen-bond acceptors (Lipinski definition) is 2. The molecule has 0 saturated heterocycles. The molecule has 7 atom stereocenters. The lowest BCUT2D eigenvalue weighted by Crippen LogP contribution is -2.29. The number of aliphatic hydroxyl groups excluding tert-OH is 2. The number of rotatable bonds is 15. The summed E-state index contributed by atoms with van der Waals surface area (Å²) in [6.07, 6.45) is 19.6. The van der Waals surface area contributed by atoms with Crippen molar-refractivity contribution in [1.82, 2.24) is 0 Å². The van der Waals surface area contributed by atoms with Crippen LogP contribution in [0.1, 0.15) is 144 Å². The fourth-order valence-electron chi connectivity index (χ4n) is 7.63. The van der Waals surface area contributed by atoms with Gasteiger partial charge < -0.3 is 10.2 Å². The molecule has 2 saturated carbocycles. The maximum Gasteiger partial charge on any atom is 0.0571 e. The molecule has 0 aromatic heterocycles. The maximum absolute atomic E-state index is 11.0. The SMILES string of the molecule is CCC(C)C(CCC[C@@H](O)C(C)C[C@@H]1CCCC(C(CC)CC)C1)CC(O)C1CCC(C)CC1. The van der Waals surface area contributed by atoms with Gasteiger partial charge in [-0.25, -0.2) is 0 Å². The smallest absolute Gasteiger partial charge is 0.0571 e. The number of aliphatic hydroxyl groups is 2. The van der Waals surface area contributed by atoms with E-state index in [1.807, 2.05) is 0 Å². The Labute approximate surface area is 214 Å². The van der Waals surface area contributed by atoms with E-state index in [4.69, 9.17) is 0 Å². The Morgan fingerprint density at radius 1 is 0.765 bits per heavy atom. The van der Waals surface area contributed by atoms with Crippen LogP contribution in [0.4, 0.5) is 0 Å². The molecule has 0 radical (unpaired) electrons. The molecule has 0 aliphatic heterocycles. The second-order valence-electron chi connectivity index (χ2n) is 13.0. The van der Waals surface area contributed by atoms with E-state index >= 15 is 0 Å². The first-order chi connectivity index (χ1) is 16.3. The molecule has 0 bridgehead atoms. The van der Waals surface area contributed by atoms with Crippen molar-refractivity contribution in [3.63, 3.8) is 0 Å². The molecule has 2 rings (SSSR count).